The Balaban J connectivity index is 2.04. The van der Waals surface area contributed by atoms with Crippen molar-refractivity contribution < 1.29 is 14.0 Å². The van der Waals surface area contributed by atoms with E-state index in [0.29, 0.717) is 10.9 Å². The number of benzene rings is 1. The minimum Gasteiger partial charge on any atom is -0.359 e. The average molecular weight is 322 g/mol. The molecule has 0 saturated carbocycles. The number of thioether (sulfide) groups is 1. The first-order chi connectivity index (χ1) is 10.5. The molecule has 1 saturated heterocycles. The summed E-state index contributed by atoms with van der Waals surface area (Å²) in [6.45, 7) is 1.74. The minimum absolute atomic E-state index is 0.0900. The molecule has 1 fully saturated rings. The van der Waals surface area contributed by atoms with Crippen LogP contribution in [0, 0.1) is 5.82 Å². The number of halogens is 1. The molecule has 2 amide bonds. The fraction of sp³-hybridized carbons (Fsp3) is 0.286. The zero-order valence-electron chi connectivity index (χ0n) is 12.1. The van der Waals surface area contributed by atoms with E-state index in [9.17, 15) is 14.0 Å². The first-order valence-corrected chi connectivity index (χ1v) is 7.44. The summed E-state index contributed by atoms with van der Waals surface area (Å²) < 4.78 is 12.9. The van der Waals surface area contributed by atoms with Gasteiger partial charge in [0.2, 0.25) is 11.8 Å². The fourth-order valence-electron chi connectivity index (χ4n) is 1.73. The number of hydrogen-bond donors (Lipinski definition) is 2. The summed E-state index contributed by atoms with van der Waals surface area (Å²) in [5.41, 5.74) is 1.33. The van der Waals surface area contributed by atoms with Gasteiger partial charge in [-0.05, 0) is 24.6 Å². The number of rotatable bonds is 4. The molecule has 1 aromatic carbocycles. The first kappa shape index (κ1) is 16.2. The van der Waals surface area contributed by atoms with E-state index in [-0.39, 0.29) is 24.1 Å². The molecule has 1 atom stereocenters. The fourth-order valence-corrected chi connectivity index (χ4v) is 2.64. The van der Waals surface area contributed by atoms with Gasteiger partial charge in [-0.3, -0.25) is 9.59 Å². The van der Waals surface area contributed by atoms with Crippen LogP contribution in [0.2, 0.25) is 0 Å². The molecular weight excluding hydrogens is 307 g/mol. The van der Waals surface area contributed by atoms with Crippen LogP contribution in [0.1, 0.15) is 18.9 Å². The SMILES string of the molecule is CNC(=O)C[C@@H]1S/C(=N\N=C(\C)c2ccc(F)cc2)NC1=O. The van der Waals surface area contributed by atoms with E-state index in [1.807, 2.05) is 0 Å². The van der Waals surface area contributed by atoms with E-state index < -0.39 is 5.25 Å². The molecule has 0 spiro atoms. The standard InChI is InChI=1S/C14H15FN4O2S/c1-8(9-3-5-10(15)6-4-9)18-19-14-17-13(21)11(22-14)7-12(20)16-2/h3-6,11H,7H2,1-2H3,(H,16,20)(H,17,19,21)/b18-8-/t11-/m0/s1. The van der Waals surface area contributed by atoms with Crippen LogP contribution >= 0.6 is 11.8 Å². The van der Waals surface area contributed by atoms with Gasteiger partial charge in [-0.25, -0.2) is 4.39 Å². The Labute approximate surface area is 131 Å². The van der Waals surface area contributed by atoms with E-state index in [2.05, 4.69) is 20.8 Å². The summed E-state index contributed by atoms with van der Waals surface area (Å²) >= 11 is 1.16. The van der Waals surface area contributed by atoms with Gasteiger partial charge in [0.1, 0.15) is 11.1 Å². The summed E-state index contributed by atoms with van der Waals surface area (Å²) in [5, 5.41) is 12.9. The van der Waals surface area contributed by atoms with Gasteiger partial charge in [-0.1, -0.05) is 23.9 Å². The van der Waals surface area contributed by atoms with Crippen LogP contribution in [-0.2, 0) is 9.59 Å². The summed E-state index contributed by atoms with van der Waals surface area (Å²) in [5.74, 6) is -0.791. The number of hydrogen-bond acceptors (Lipinski definition) is 5. The smallest absolute Gasteiger partial charge is 0.240 e. The molecular formula is C14H15FN4O2S. The third-order valence-corrected chi connectivity index (χ3v) is 4.05. The molecule has 2 N–H and O–H groups in total. The maximum absolute atomic E-state index is 12.9. The van der Waals surface area contributed by atoms with E-state index in [4.69, 9.17) is 0 Å². The number of nitrogens with one attached hydrogen (secondary N) is 2. The Morgan fingerprint density at radius 1 is 1.41 bits per heavy atom. The van der Waals surface area contributed by atoms with Crippen LogP contribution in [0.15, 0.2) is 34.5 Å². The molecule has 1 aliphatic heterocycles. The van der Waals surface area contributed by atoms with Crippen LogP contribution < -0.4 is 10.6 Å². The van der Waals surface area contributed by atoms with Crippen molar-refractivity contribution in [3.63, 3.8) is 0 Å². The number of carbonyl (C=O) groups excluding carboxylic acids is 2. The summed E-state index contributed by atoms with van der Waals surface area (Å²) in [4.78, 5) is 23.0. The van der Waals surface area contributed by atoms with Gasteiger partial charge in [-0.2, -0.15) is 5.10 Å². The van der Waals surface area contributed by atoms with Gasteiger partial charge in [0.25, 0.3) is 0 Å². The number of amides is 2. The maximum atomic E-state index is 12.9. The van der Waals surface area contributed by atoms with Gasteiger partial charge < -0.3 is 10.6 Å². The second kappa shape index (κ2) is 7.17. The molecule has 0 radical (unpaired) electrons. The Bertz CT molecular complexity index is 643. The normalized spacial score (nSPS) is 20.1. The Morgan fingerprint density at radius 2 is 2.09 bits per heavy atom. The number of nitrogens with zero attached hydrogens (tertiary/aromatic N) is 2. The lowest BCUT2D eigenvalue weighted by Crippen LogP contribution is -2.29. The van der Waals surface area contributed by atoms with Gasteiger partial charge in [-0.15, -0.1) is 5.10 Å². The Hall–Kier alpha value is -2.22. The predicted octanol–water partition coefficient (Wildman–Crippen LogP) is 1.27. The molecule has 116 valence electrons. The van der Waals surface area contributed by atoms with Crippen molar-refractivity contribution >= 4 is 34.5 Å². The summed E-state index contributed by atoms with van der Waals surface area (Å²) in [6, 6.07) is 5.88. The number of carbonyl (C=O) groups is 2. The van der Waals surface area contributed by atoms with Crippen LogP contribution in [-0.4, -0.2) is 35.0 Å². The highest BCUT2D eigenvalue weighted by atomic mass is 32.2. The van der Waals surface area contributed by atoms with Crippen molar-refractivity contribution in [3.05, 3.63) is 35.6 Å². The topological polar surface area (TPSA) is 82.9 Å². The highest BCUT2D eigenvalue weighted by Crippen LogP contribution is 2.22. The highest BCUT2D eigenvalue weighted by Gasteiger charge is 2.31. The molecule has 1 aliphatic rings. The Morgan fingerprint density at radius 3 is 2.73 bits per heavy atom. The highest BCUT2D eigenvalue weighted by molar-refractivity contribution is 8.15. The zero-order chi connectivity index (χ0) is 16.1. The van der Waals surface area contributed by atoms with Gasteiger partial charge in [0.05, 0.1) is 5.71 Å². The molecule has 0 unspecified atom stereocenters. The van der Waals surface area contributed by atoms with Crippen molar-refractivity contribution in [2.24, 2.45) is 10.2 Å². The number of amidine groups is 1. The van der Waals surface area contributed by atoms with E-state index in [1.165, 1.54) is 19.2 Å². The molecule has 22 heavy (non-hydrogen) atoms. The zero-order valence-corrected chi connectivity index (χ0v) is 12.9. The second-order valence-electron chi connectivity index (χ2n) is 4.57. The van der Waals surface area contributed by atoms with Crippen molar-refractivity contribution in [1.29, 1.82) is 0 Å². The lowest BCUT2D eigenvalue weighted by Gasteiger charge is -2.02. The van der Waals surface area contributed by atoms with Crippen LogP contribution in [0.25, 0.3) is 0 Å². The molecule has 8 heteroatoms. The van der Waals surface area contributed by atoms with Gasteiger partial charge in [0, 0.05) is 13.5 Å². The molecule has 0 aliphatic carbocycles. The monoisotopic (exact) mass is 322 g/mol. The molecule has 1 heterocycles. The molecule has 0 bridgehead atoms. The molecule has 2 rings (SSSR count). The van der Waals surface area contributed by atoms with Crippen molar-refractivity contribution in [2.75, 3.05) is 7.05 Å². The third-order valence-electron chi connectivity index (χ3n) is 2.98. The maximum Gasteiger partial charge on any atom is 0.240 e. The van der Waals surface area contributed by atoms with E-state index in [1.54, 1.807) is 19.1 Å². The van der Waals surface area contributed by atoms with E-state index in [0.717, 1.165) is 17.3 Å². The lowest BCUT2D eigenvalue weighted by molar-refractivity contribution is -0.124. The van der Waals surface area contributed by atoms with Crippen molar-refractivity contribution in [2.45, 2.75) is 18.6 Å². The van der Waals surface area contributed by atoms with Gasteiger partial charge in [0.15, 0.2) is 5.17 Å². The lowest BCUT2D eigenvalue weighted by atomic mass is 10.1. The molecule has 0 aromatic heterocycles. The van der Waals surface area contributed by atoms with Crippen LogP contribution in [0.4, 0.5) is 4.39 Å². The van der Waals surface area contributed by atoms with Crippen LogP contribution in [0.3, 0.4) is 0 Å². The average Bonchev–Trinajstić information content (AvgIpc) is 2.85. The minimum atomic E-state index is -0.500. The van der Waals surface area contributed by atoms with Crippen molar-refractivity contribution in [1.82, 2.24) is 10.6 Å². The molecule has 6 nitrogen and oxygen atoms in total. The quantitative estimate of drug-likeness (QED) is 0.647. The largest absolute Gasteiger partial charge is 0.359 e. The van der Waals surface area contributed by atoms with Gasteiger partial charge >= 0.3 is 0 Å². The molecule has 1 aromatic rings. The summed E-state index contributed by atoms with van der Waals surface area (Å²) in [6.07, 6.45) is 0.0900. The first-order valence-electron chi connectivity index (χ1n) is 6.56. The second-order valence-corrected chi connectivity index (χ2v) is 5.76. The summed E-state index contributed by atoms with van der Waals surface area (Å²) in [7, 11) is 1.52. The third kappa shape index (κ3) is 4.14. The Kier molecular flexibility index (Phi) is 5.26. The predicted molar refractivity (Wildman–Crippen MR) is 84.3 cm³/mol. The van der Waals surface area contributed by atoms with Crippen molar-refractivity contribution in [3.8, 4) is 0 Å². The van der Waals surface area contributed by atoms with Crippen LogP contribution in [0.5, 0.6) is 0 Å². The van der Waals surface area contributed by atoms with E-state index >= 15 is 0 Å².